The summed E-state index contributed by atoms with van der Waals surface area (Å²) in [6, 6.07) is 7.95. The van der Waals surface area contributed by atoms with Crippen LogP contribution in [0.3, 0.4) is 0 Å². The van der Waals surface area contributed by atoms with Crippen LogP contribution in [0.1, 0.15) is 61.3 Å². The number of rotatable bonds is 5. The summed E-state index contributed by atoms with van der Waals surface area (Å²) in [7, 11) is 0. The van der Waals surface area contributed by atoms with Crippen molar-refractivity contribution < 1.29 is 13.9 Å². The molecule has 4 nitrogen and oxygen atoms in total. The molecule has 0 aliphatic heterocycles. The third-order valence-electron chi connectivity index (χ3n) is 5.99. The number of hydrogen-bond acceptors (Lipinski definition) is 4. The Labute approximate surface area is 189 Å². The van der Waals surface area contributed by atoms with Crippen molar-refractivity contribution in [3.05, 3.63) is 62.9 Å². The van der Waals surface area contributed by atoms with Crippen LogP contribution in [0.4, 0.5) is 14.6 Å². The van der Waals surface area contributed by atoms with E-state index in [1.165, 1.54) is 23.3 Å². The van der Waals surface area contributed by atoms with E-state index in [1.807, 2.05) is 19.9 Å². The molecule has 164 valence electrons. The van der Waals surface area contributed by atoms with Gasteiger partial charge in [0.25, 0.3) is 0 Å². The first-order valence-electron chi connectivity index (χ1n) is 10.4. The van der Waals surface area contributed by atoms with Crippen LogP contribution in [0.25, 0.3) is 10.9 Å². The molecule has 0 bridgehead atoms. The highest BCUT2D eigenvalue weighted by Gasteiger charge is 2.47. The highest BCUT2D eigenvalue weighted by Crippen LogP contribution is 2.40. The van der Waals surface area contributed by atoms with Gasteiger partial charge in [-0.25, -0.2) is 9.97 Å². The van der Waals surface area contributed by atoms with Crippen molar-refractivity contribution in [1.82, 2.24) is 9.97 Å². The van der Waals surface area contributed by atoms with E-state index in [9.17, 15) is 13.9 Å². The molecule has 1 aliphatic carbocycles. The number of aryl methyl sites for hydroxylation is 2. The van der Waals surface area contributed by atoms with E-state index in [2.05, 4.69) is 26.2 Å². The lowest BCUT2D eigenvalue weighted by molar-refractivity contribution is -0.168. The summed E-state index contributed by atoms with van der Waals surface area (Å²) in [5.41, 5.74) is 1.85. The van der Waals surface area contributed by atoms with Gasteiger partial charge in [-0.2, -0.15) is 8.78 Å². The van der Waals surface area contributed by atoms with Gasteiger partial charge in [-0.15, -0.1) is 0 Å². The average molecular weight is 490 g/mol. The Kier molecular flexibility index (Phi) is 5.54. The molecule has 0 unspecified atom stereocenters. The number of alkyl halides is 2. The molecule has 7 heteroatoms. The first kappa shape index (κ1) is 22.1. The largest absolute Gasteiger partial charge is 0.384 e. The summed E-state index contributed by atoms with van der Waals surface area (Å²) in [5, 5.41) is 14.2. The second-order valence-electron chi connectivity index (χ2n) is 8.81. The van der Waals surface area contributed by atoms with Crippen LogP contribution >= 0.6 is 15.9 Å². The van der Waals surface area contributed by atoms with Crippen LogP contribution in [-0.2, 0) is 18.8 Å². The molecule has 1 heterocycles. The van der Waals surface area contributed by atoms with Crippen molar-refractivity contribution in [3.8, 4) is 0 Å². The minimum absolute atomic E-state index is 0.213. The van der Waals surface area contributed by atoms with E-state index in [4.69, 9.17) is 4.98 Å². The summed E-state index contributed by atoms with van der Waals surface area (Å²) >= 11 is 3.69. The van der Waals surface area contributed by atoms with Gasteiger partial charge in [-0.1, -0.05) is 34.1 Å². The van der Waals surface area contributed by atoms with Crippen molar-refractivity contribution in [2.24, 2.45) is 0 Å². The molecule has 0 fully saturated rings. The van der Waals surface area contributed by atoms with Crippen molar-refractivity contribution >= 4 is 32.7 Å². The number of anilines is 1. The standard InChI is InChI=1S/C24H26BrF2N3O/c1-13(15-7-5-8-16(11-15)24(26,27)23(3,4)31)28-22-19-12-20(25)17-9-6-10-18(17)21(19)29-14(2)30-22/h5,7-8,11-13,31H,6,9-10H2,1-4H3,(H,28,29,30)/t13-/m1/s1. The Morgan fingerprint density at radius 2 is 1.84 bits per heavy atom. The Hall–Kier alpha value is -2.12. The number of fused-ring (bicyclic) bond motifs is 3. The monoisotopic (exact) mass is 489 g/mol. The van der Waals surface area contributed by atoms with Crippen molar-refractivity contribution in [1.29, 1.82) is 0 Å². The molecule has 4 rings (SSSR count). The minimum Gasteiger partial charge on any atom is -0.384 e. The molecule has 0 amide bonds. The lowest BCUT2D eigenvalue weighted by Crippen LogP contribution is -2.40. The SMILES string of the molecule is Cc1nc(N[C@H](C)c2cccc(C(F)(F)C(C)(C)O)c2)c2cc(Br)c3c(c2n1)CCC3. The number of nitrogens with zero attached hydrogens (tertiary/aromatic N) is 2. The fourth-order valence-electron chi connectivity index (χ4n) is 4.19. The normalized spacial score (nSPS) is 15.2. The van der Waals surface area contributed by atoms with Gasteiger partial charge in [0.15, 0.2) is 0 Å². The first-order valence-corrected chi connectivity index (χ1v) is 11.2. The Morgan fingerprint density at radius 1 is 1.13 bits per heavy atom. The van der Waals surface area contributed by atoms with E-state index < -0.39 is 11.5 Å². The van der Waals surface area contributed by atoms with Gasteiger partial charge >= 0.3 is 5.92 Å². The smallest absolute Gasteiger partial charge is 0.300 e. The third kappa shape index (κ3) is 3.94. The van der Waals surface area contributed by atoms with Crippen LogP contribution in [0, 0.1) is 6.92 Å². The number of benzene rings is 2. The van der Waals surface area contributed by atoms with Crippen LogP contribution in [-0.4, -0.2) is 20.7 Å². The molecule has 0 saturated heterocycles. The van der Waals surface area contributed by atoms with E-state index in [1.54, 1.807) is 12.1 Å². The fraction of sp³-hybridized carbons (Fsp3) is 0.417. The molecule has 3 aromatic rings. The number of hydrogen-bond donors (Lipinski definition) is 2. The maximum absolute atomic E-state index is 14.7. The number of halogens is 3. The van der Waals surface area contributed by atoms with Crippen molar-refractivity contribution in [2.75, 3.05) is 5.32 Å². The van der Waals surface area contributed by atoms with E-state index >= 15 is 0 Å². The fourth-order valence-corrected chi connectivity index (χ4v) is 4.85. The summed E-state index contributed by atoms with van der Waals surface area (Å²) in [5.74, 6) is -2.02. The van der Waals surface area contributed by atoms with Gasteiger partial charge in [0.2, 0.25) is 0 Å². The van der Waals surface area contributed by atoms with Gasteiger partial charge in [-0.05, 0) is 75.8 Å². The molecule has 31 heavy (non-hydrogen) atoms. The zero-order valence-electron chi connectivity index (χ0n) is 18.1. The quantitative estimate of drug-likeness (QED) is 0.446. The van der Waals surface area contributed by atoms with Gasteiger partial charge in [0.1, 0.15) is 17.2 Å². The lowest BCUT2D eigenvalue weighted by Gasteiger charge is -2.30. The minimum atomic E-state index is -3.37. The molecule has 2 N–H and O–H groups in total. The molecular weight excluding hydrogens is 464 g/mol. The van der Waals surface area contributed by atoms with Crippen LogP contribution < -0.4 is 5.32 Å². The Balaban J connectivity index is 1.72. The Morgan fingerprint density at radius 3 is 2.55 bits per heavy atom. The summed E-state index contributed by atoms with van der Waals surface area (Å²) in [4.78, 5) is 9.32. The molecule has 0 radical (unpaired) electrons. The predicted octanol–water partition coefficient (Wildman–Crippen LogP) is 6.23. The lowest BCUT2D eigenvalue weighted by atomic mass is 9.91. The maximum Gasteiger partial charge on any atom is 0.300 e. The van der Waals surface area contributed by atoms with Gasteiger partial charge in [-0.3, -0.25) is 0 Å². The van der Waals surface area contributed by atoms with Crippen molar-refractivity contribution in [3.63, 3.8) is 0 Å². The second kappa shape index (κ2) is 7.78. The summed E-state index contributed by atoms with van der Waals surface area (Å²) < 4.78 is 30.4. The molecule has 2 aromatic carbocycles. The van der Waals surface area contributed by atoms with Gasteiger partial charge in [0, 0.05) is 21.5 Å². The van der Waals surface area contributed by atoms with Crippen LogP contribution in [0.5, 0.6) is 0 Å². The molecule has 1 aromatic heterocycles. The molecular formula is C24H26BrF2N3O. The van der Waals surface area contributed by atoms with E-state index in [0.717, 1.165) is 48.5 Å². The van der Waals surface area contributed by atoms with Gasteiger partial charge in [0.05, 0.1) is 5.52 Å². The zero-order valence-corrected chi connectivity index (χ0v) is 19.6. The zero-order chi connectivity index (χ0) is 22.6. The van der Waals surface area contributed by atoms with Crippen molar-refractivity contribution in [2.45, 2.75) is 64.5 Å². The topological polar surface area (TPSA) is 58.0 Å². The third-order valence-corrected chi connectivity index (χ3v) is 6.70. The molecule has 0 spiro atoms. The highest BCUT2D eigenvalue weighted by atomic mass is 79.9. The maximum atomic E-state index is 14.7. The summed E-state index contributed by atoms with van der Waals surface area (Å²) in [6.45, 7) is 6.01. The van der Waals surface area contributed by atoms with Gasteiger partial charge < -0.3 is 10.4 Å². The number of aliphatic hydroxyl groups is 1. The number of aromatic nitrogens is 2. The van der Waals surface area contributed by atoms with E-state index in [-0.39, 0.29) is 11.6 Å². The summed E-state index contributed by atoms with van der Waals surface area (Å²) in [6.07, 6.45) is 3.14. The predicted molar refractivity (Wildman–Crippen MR) is 123 cm³/mol. The highest BCUT2D eigenvalue weighted by molar-refractivity contribution is 9.10. The molecule has 0 saturated carbocycles. The second-order valence-corrected chi connectivity index (χ2v) is 9.66. The first-order chi connectivity index (χ1) is 14.5. The Bertz CT molecular complexity index is 1160. The van der Waals surface area contributed by atoms with E-state index in [0.29, 0.717) is 17.2 Å². The molecule has 1 atom stereocenters. The number of nitrogens with one attached hydrogen (secondary N) is 1. The van der Waals surface area contributed by atoms with Crippen LogP contribution in [0.15, 0.2) is 34.8 Å². The average Bonchev–Trinajstić information content (AvgIpc) is 3.19. The van der Waals surface area contributed by atoms with Crippen LogP contribution in [0.2, 0.25) is 0 Å². The molecule has 1 aliphatic rings.